The molecule has 0 spiro atoms. The van der Waals surface area contributed by atoms with Gasteiger partial charge in [0, 0.05) is 5.57 Å². The number of sulfonamides is 1. The van der Waals surface area contributed by atoms with Crippen LogP contribution in [0.25, 0.3) is 0 Å². The molecule has 0 bridgehead atoms. The fraction of sp³-hybridized carbons (Fsp3) is 0.231. The predicted molar refractivity (Wildman–Crippen MR) is 77.6 cm³/mol. The van der Waals surface area contributed by atoms with Crippen LogP contribution in [0, 0.1) is 0 Å². The maximum atomic E-state index is 11.4. The SMILES string of the molecule is C=C(C)C(=O)OCCNC(=O)Oc1ccc(S(N)(=O)=O)cc1. The zero-order chi connectivity index (χ0) is 16.8. The van der Waals surface area contributed by atoms with Crippen molar-refractivity contribution in [1.82, 2.24) is 5.32 Å². The van der Waals surface area contributed by atoms with Gasteiger partial charge in [-0.05, 0) is 31.2 Å². The van der Waals surface area contributed by atoms with Gasteiger partial charge in [0.05, 0.1) is 11.4 Å². The highest BCUT2D eigenvalue weighted by Gasteiger charge is 2.09. The summed E-state index contributed by atoms with van der Waals surface area (Å²) in [6.07, 6.45) is -0.769. The molecule has 0 aliphatic carbocycles. The van der Waals surface area contributed by atoms with Gasteiger partial charge in [0.2, 0.25) is 10.0 Å². The molecule has 0 heterocycles. The molecule has 0 aliphatic rings. The summed E-state index contributed by atoms with van der Waals surface area (Å²) < 4.78 is 31.8. The lowest BCUT2D eigenvalue weighted by molar-refractivity contribution is -0.138. The summed E-state index contributed by atoms with van der Waals surface area (Å²) in [5.41, 5.74) is 0.262. The first-order valence-corrected chi connectivity index (χ1v) is 7.66. The van der Waals surface area contributed by atoms with E-state index in [2.05, 4.69) is 11.9 Å². The Balaban J connectivity index is 2.39. The van der Waals surface area contributed by atoms with Crippen molar-refractivity contribution in [2.24, 2.45) is 5.14 Å². The molecule has 0 aliphatic heterocycles. The van der Waals surface area contributed by atoms with E-state index in [4.69, 9.17) is 14.6 Å². The Hall–Kier alpha value is -2.39. The molecule has 22 heavy (non-hydrogen) atoms. The molecule has 0 atom stereocenters. The van der Waals surface area contributed by atoms with E-state index in [-0.39, 0.29) is 29.4 Å². The van der Waals surface area contributed by atoms with Crippen molar-refractivity contribution < 1.29 is 27.5 Å². The lowest BCUT2D eigenvalue weighted by Crippen LogP contribution is -2.30. The number of carbonyl (C=O) groups is 2. The second-order valence-corrected chi connectivity index (χ2v) is 5.81. The highest BCUT2D eigenvalue weighted by molar-refractivity contribution is 7.89. The van der Waals surface area contributed by atoms with Crippen LogP contribution in [0.3, 0.4) is 0 Å². The van der Waals surface area contributed by atoms with E-state index in [1.54, 1.807) is 0 Å². The van der Waals surface area contributed by atoms with E-state index in [1.807, 2.05) is 0 Å². The van der Waals surface area contributed by atoms with Crippen LogP contribution in [0.5, 0.6) is 5.75 Å². The summed E-state index contributed by atoms with van der Waals surface area (Å²) in [5.74, 6) is -0.405. The minimum Gasteiger partial charge on any atom is -0.460 e. The van der Waals surface area contributed by atoms with Gasteiger partial charge in [-0.1, -0.05) is 6.58 Å². The number of hydrogen-bond donors (Lipinski definition) is 2. The second kappa shape index (κ2) is 7.57. The quantitative estimate of drug-likeness (QED) is 0.446. The van der Waals surface area contributed by atoms with Crippen molar-refractivity contribution in [3.63, 3.8) is 0 Å². The highest BCUT2D eigenvalue weighted by atomic mass is 32.2. The van der Waals surface area contributed by atoms with Crippen molar-refractivity contribution in [3.05, 3.63) is 36.4 Å². The number of primary sulfonamides is 1. The van der Waals surface area contributed by atoms with Crippen LogP contribution < -0.4 is 15.2 Å². The lowest BCUT2D eigenvalue weighted by Gasteiger charge is -2.07. The number of nitrogens with two attached hydrogens (primary N) is 1. The Bertz CT molecular complexity index is 666. The Labute approximate surface area is 127 Å². The maximum absolute atomic E-state index is 11.4. The number of carbonyl (C=O) groups excluding carboxylic acids is 2. The van der Waals surface area contributed by atoms with Crippen LogP contribution in [0.1, 0.15) is 6.92 Å². The van der Waals surface area contributed by atoms with Gasteiger partial charge in [-0.2, -0.15) is 0 Å². The van der Waals surface area contributed by atoms with Crippen LogP contribution in [-0.2, 0) is 19.6 Å². The maximum Gasteiger partial charge on any atom is 0.412 e. The molecule has 1 aromatic rings. The minimum atomic E-state index is -3.79. The van der Waals surface area contributed by atoms with Crippen LogP contribution in [-0.4, -0.2) is 33.6 Å². The Morgan fingerprint density at radius 1 is 1.27 bits per heavy atom. The van der Waals surface area contributed by atoms with Crippen molar-refractivity contribution in [2.45, 2.75) is 11.8 Å². The molecular weight excluding hydrogens is 312 g/mol. The minimum absolute atomic E-state index is 0.0227. The first kappa shape index (κ1) is 17.7. The third kappa shape index (κ3) is 5.94. The Morgan fingerprint density at radius 2 is 1.86 bits per heavy atom. The molecule has 120 valence electrons. The Morgan fingerprint density at radius 3 is 2.36 bits per heavy atom. The van der Waals surface area contributed by atoms with Crippen LogP contribution in [0.4, 0.5) is 4.79 Å². The first-order valence-electron chi connectivity index (χ1n) is 6.11. The third-order valence-electron chi connectivity index (χ3n) is 2.32. The highest BCUT2D eigenvalue weighted by Crippen LogP contribution is 2.14. The van der Waals surface area contributed by atoms with Gasteiger partial charge in [-0.25, -0.2) is 23.1 Å². The predicted octanol–water partition coefficient (Wildman–Crippen LogP) is 0.542. The van der Waals surface area contributed by atoms with Crippen molar-refractivity contribution >= 4 is 22.1 Å². The monoisotopic (exact) mass is 328 g/mol. The number of benzene rings is 1. The number of nitrogens with one attached hydrogen (secondary N) is 1. The number of ether oxygens (including phenoxy) is 2. The van der Waals surface area contributed by atoms with E-state index < -0.39 is 22.1 Å². The average molecular weight is 328 g/mol. The zero-order valence-electron chi connectivity index (χ0n) is 11.9. The molecule has 0 saturated heterocycles. The van der Waals surface area contributed by atoms with Crippen molar-refractivity contribution in [3.8, 4) is 5.75 Å². The Kier molecular flexibility index (Phi) is 6.08. The van der Waals surface area contributed by atoms with Gasteiger partial charge in [-0.3, -0.25) is 0 Å². The molecule has 0 saturated carbocycles. The van der Waals surface area contributed by atoms with Crippen LogP contribution >= 0.6 is 0 Å². The van der Waals surface area contributed by atoms with E-state index in [0.29, 0.717) is 0 Å². The first-order chi connectivity index (χ1) is 10.2. The molecule has 0 aromatic heterocycles. The van der Waals surface area contributed by atoms with Gasteiger partial charge in [-0.15, -0.1) is 0 Å². The number of amides is 1. The molecule has 0 fully saturated rings. The fourth-order valence-corrected chi connectivity index (χ4v) is 1.78. The fourth-order valence-electron chi connectivity index (χ4n) is 1.26. The summed E-state index contributed by atoms with van der Waals surface area (Å²) in [4.78, 5) is 22.4. The van der Waals surface area contributed by atoms with Crippen molar-refractivity contribution in [2.75, 3.05) is 13.2 Å². The van der Waals surface area contributed by atoms with Crippen molar-refractivity contribution in [1.29, 1.82) is 0 Å². The summed E-state index contributed by atoms with van der Waals surface area (Å²) >= 11 is 0. The van der Waals surface area contributed by atoms with Gasteiger partial charge >= 0.3 is 12.1 Å². The summed E-state index contributed by atoms with van der Waals surface area (Å²) in [5, 5.41) is 7.30. The smallest absolute Gasteiger partial charge is 0.412 e. The van der Waals surface area contributed by atoms with Crippen LogP contribution in [0.15, 0.2) is 41.3 Å². The summed E-state index contributed by atoms with van der Waals surface area (Å²) in [6.45, 7) is 4.96. The van der Waals surface area contributed by atoms with Gasteiger partial charge in [0.25, 0.3) is 0 Å². The second-order valence-electron chi connectivity index (χ2n) is 4.25. The number of rotatable bonds is 6. The molecule has 8 nitrogen and oxygen atoms in total. The zero-order valence-corrected chi connectivity index (χ0v) is 12.7. The average Bonchev–Trinajstić information content (AvgIpc) is 2.42. The number of hydrogen-bond acceptors (Lipinski definition) is 6. The van der Waals surface area contributed by atoms with E-state index in [0.717, 1.165) is 0 Å². The van der Waals surface area contributed by atoms with Gasteiger partial charge in [0.1, 0.15) is 12.4 Å². The molecule has 0 radical (unpaired) electrons. The molecule has 1 rings (SSSR count). The lowest BCUT2D eigenvalue weighted by atomic mass is 10.3. The normalized spacial score (nSPS) is 10.6. The standard InChI is InChI=1S/C13H16N2O6S/c1-9(2)12(16)20-8-7-15-13(17)21-10-3-5-11(6-4-10)22(14,18)19/h3-6H,1,7-8H2,2H3,(H,15,17)(H2,14,18,19). The largest absolute Gasteiger partial charge is 0.460 e. The molecule has 1 amide bonds. The number of esters is 1. The van der Waals surface area contributed by atoms with E-state index >= 15 is 0 Å². The molecule has 3 N–H and O–H groups in total. The molecule has 9 heteroatoms. The summed E-state index contributed by atoms with van der Waals surface area (Å²) in [7, 11) is -3.79. The topological polar surface area (TPSA) is 125 Å². The van der Waals surface area contributed by atoms with Gasteiger partial charge in [0.15, 0.2) is 0 Å². The third-order valence-corrected chi connectivity index (χ3v) is 3.25. The van der Waals surface area contributed by atoms with Crippen LogP contribution in [0.2, 0.25) is 0 Å². The molecule has 0 unspecified atom stereocenters. The molecular formula is C13H16N2O6S. The summed E-state index contributed by atoms with van der Waals surface area (Å²) in [6, 6.07) is 5.01. The van der Waals surface area contributed by atoms with Gasteiger partial charge < -0.3 is 14.8 Å². The molecule has 1 aromatic carbocycles. The van der Waals surface area contributed by atoms with E-state index in [9.17, 15) is 18.0 Å². The van der Waals surface area contributed by atoms with E-state index in [1.165, 1.54) is 31.2 Å².